The summed E-state index contributed by atoms with van der Waals surface area (Å²) in [6, 6.07) is 15.5. The Morgan fingerprint density at radius 3 is 1.58 bits per heavy atom. The topological polar surface area (TPSA) is 179 Å². The van der Waals surface area contributed by atoms with Crippen LogP contribution in [0.25, 0.3) is 0 Å². The third-order valence-corrected chi connectivity index (χ3v) is 13.0. The van der Waals surface area contributed by atoms with Crippen LogP contribution in [0, 0.1) is 39.4 Å². The first-order valence-corrected chi connectivity index (χ1v) is 23.2. The summed E-state index contributed by atoms with van der Waals surface area (Å²) in [6.07, 6.45) is 2.10. The minimum absolute atomic E-state index is 0.170. The van der Waals surface area contributed by atoms with Crippen LogP contribution in [-0.4, -0.2) is 82.4 Å². The van der Waals surface area contributed by atoms with Crippen LogP contribution in [0.4, 0.5) is 0 Å². The maximum Gasteiger partial charge on any atom is 0.312 e. The number of carboxylic acids is 1. The van der Waals surface area contributed by atoms with E-state index in [-0.39, 0.29) is 48.3 Å². The first-order chi connectivity index (χ1) is 29.6. The van der Waals surface area contributed by atoms with E-state index in [0.717, 1.165) is 11.1 Å². The van der Waals surface area contributed by atoms with Gasteiger partial charge in [-0.25, -0.2) is 0 Å². The fraction of sp³-hybridized carbons (Fsp3) is 0.635. The number of carbonyl (C=O) groups is 7. The lowest BCUT2D eigenvalue weighted by Gasteiger charge is -2.38. The molecule has 0 heterocycles. The number of carboxylic acid groups (broad SMARTS) is 1. The number of nitrogens with zero attached hydrogens (tertiary/aromatic N) is 1. The van der Waals surface area contributed by atoms with Gasteiger partial charge in [0.25, 0.3) is 0 Å². The molecule has 1 fully saturated rings. The first-order valence-electron chi connectivity index (χ1n) is 23.2. The molecular formula is C52H78N4O8. The molecule has 0 bridgehead atoms. The lowest BCUT2D eigenvalue weighted by molar-refractivity contribution is -0.155. The van der Waals surface area contributed by atoms with E-state index in [2.05, 4.69) is 16.0 Å². The number of nitrogens with one attached hydrogen (secondary N) is 3. The van der Waals surface area contributed by atoms with Crippen molar-refractivity contribution in [2.75, 3.05) is 7.05 Å². The Bertz CT molecular complexity index is 1880. The summed E-state index contributed by atoms with van der Waals surface area (Å²) in [5, 5.41) is 19.4. The van der Waals surface area contributed by atoms with Gasteiger partial charge in [0.05, 0.1) is 17.4 Å². The molecule has 354 valence electrons. The normalized spacial score (nSPS) is 16.5. The van der Waals surface area contributed by atoms with Gasteiger partial charge in [-0.1, -0.05) is 157 Å². The maximum absolute atomic E-state index is 14.7. The highest BCUT2D eigenvalue weighted by atomic mass is 16.4. The lowest BCUT2D eigenvalue weighted by atomic mass is 9.76. The molecule has 0 aliphatic heterocycles. The Hall–Kier alpha value is -4.87. The van der Waals surface area contributed by atoms with Crippen LogP contribution in [0.1, 0.15) is 139 Å². The second kappa shape index (κ2) is 22.4. The predicted octanol–water partition coefficient (Wildman–Crippen LogP) is 7.75. The van der Waals surface area contributed by atoms with Gasteiger partial charge in [0.2, 0.25) is 23.6 Å². The Labute approximate surface area is 382 Å². The molecular weight excluding hydrogens is 809 g/mol. The summed E-state index contributed by atoms with van der Waals surface area (Å²) < 4.78 is 0. The monoisotopic (exact) mass is 887 g/mol. The number of rotatable bonds is 21. The molecule has 0 spiro atoms. The summed E-state index contributed by atoms with van der Waals surface area (Å²) in [6.45, 7) is 22.0. The molecule has 3 rings (SSSR count). The van der Waals surface area contributed by atoms with Crippen LogP contribution >= 0.6 is 0 Å². The molecule has 0 aromatic heterocycles. The minimum Gasteiger partial charge on any atom is -0.481 e. The highest BCUT2D eigenvalue weighted by Gasteiger charge is 2.53. The minimum atomic E-state index is -1.59. The van der Waals surface area contributed by atoms with Crippen molar-refractivity contribution in [1.82, 2.24) is 20.9 Å². The number of amides is 4. The van der Waals surface area contributed by atoms with E-state index in [1.165, 1.54) is 4.90 Å². The molecule has 0 radical (unpaired) electrons. The largest absolute Gasteiger partial charge is 0.481 e. The average Bonchev–Trinajstić information content (AvgIpc) is 3.71. The average molecular weight is 887 g/mol. The van der Waals surface area contributed by atoms with Crippen LogP contribution in [0.2, 0.25) is 0 Å². The van der Waals surface area contributed by atoms with Crippen molar-refractivity contribution < 1.29 is 38.7 Å². The Morgan fingerprint density at radius 2 is 1.17 bits per heavy atom. The molecule has 4 N–H and O–H groups in total. The summed E-state index contributed by atoms with van der Waals surface area (Å²) in [5.41, 5.74) is -1.74. The number of hydrogen-bond acceptors (Lipinski definition) is 7. The molecule has 1 saturated carbocycles. The fourth-order valence-electron chi connectivity index (χ4n) is 9.08. The summed E-state index contributed by atoms with van der Waals surface area (Å²) in [4.78, 5) is 101. The number of benzene rings is 2. The van der Waals surface area contributed by atoms with Crippen molar-refractivity contribution in [2.45, 2.75) is 165 Å². The van der Waals surface area contributed by atoms with Crippen LogP contribution in [0.15, 0.2) is 60.7 Å². The molecule has 64 heavy (non-hydrogen) atoms. The molecule has 4 amide bonds. The predicted molar refractivity (Wildman–Crippen MR) is 251 cm³/mol. The van der Waals surface area contributed by atoms with Crippen molar-refractivity contribution in [3.63, 3.8) is 0 Å². The van der Waals surface area contributed by atoms with E-state index in [1.54, 1.807) is 48.6 Å². The zero-order chi connectivity index (χ0) is 48.4. The molecule has 2 aromatic rings. The van der Waals surface area contributed by atoms with Crippen molar-refractivity contribution in [1.29, 1.82) is 0 Å². The Balaban J connectivity index is 1.99. The fourth-order valence-corrected chi connectivity index (χ4v) is 9.08. The van der Waals surface area contributed by atoms with E-state index in [9.17, 15) is 38.7 Å². The molecule has 1 aliphatic rings. The van der Waals surface area contributed by atoms with E-state index in [1.807, 2.05) is 102 Å². The third kappa shape index (κ3) is 14.3. The number of hydrogen-bond donors (Lipinski definition) is 4. The molecule has 0 unspecified atom stereocenters. The standard InChI is InChI=1S/C52H78N4O8/c1-14-39(49(4,5)6)53-46(61)43(52(48(63)64)27-21-22-28-52)55-44(59)36(32-40(58)50(7,8)9)31-38(57)42(51(10,11)12)54-45(60)41(33(2)3)56(13)47(62)37(29-34-23-17-15-18-24-34)30-35-25-19-16-20-26-35/h15-20,23-26,33,36-37,39,41-43H,14,21-22,27-32H2,1-13H3,(H,53,61)(H,54,60)(H,55,59)(H,63,64)/t36-,39+,41-,42+,43+/m0/s1. The van der Waals surface area contributed by atoms with Gasteiger partial charge in [0, 0.05) is 37.3 Å². The van der Waals surface area contributed by atoms with Crippen LogP contribution in [-0.2, 0) is 46.4 Å². The Kier molecular flexibility index (Phi) is 18.7. The summed E-state index contributed by atoms with van der Waals surface area (Å²) >= 11 is 0. The smallest absolute Gasteiger partial charge is 0.312 e. The zero-order valence-electron chi connectivity index (χ0n) is 40.9. The summed E-state index contributed by atoms with van der Waals surface area (Å²) in [7, 11) is 1.62. The molecule has 1 aliphatic carbocycles. The molecule has 2 aromatic carbocycles. The number of ketones is 2. The van der Waals surface area contributed by atoms with Crippen molar-refractivity contribution in [3.05, 3.63) is 71.8 Å². The van der Waals surface area contributed by atoms with E-state index < -0.39 is 82.1 Å². The number of carbonyl (C=O) groups excluding carboxylic acids is 6. The van der Waals surface area contributed by atoms with Gasteiger partial charge < -0.3 is 26.0 Å². The van der Waals surface area contributed by atoms with Crippen LogP contribution in [0.3, 0.4) is 0 Å². The molecule has 12 heteroatoms. The van der Waals surface area contributed by atoms with Gasteiger partial charge in [0.15, 0.2) is 5.78 Å². The van der Waals surface area contributed by atoms with Gasteiger partial charge in [-0.15, -0.1) is 0 Å². The van der Waals surface area contributed by atoms with Crippen molar-refractivity contribution in [3.8, 4) is 0 Å². The molecule has 0 saturated heterocycles. The zero-order valence-corrected chi connectivity index (χ0v) is 40.9. The maximum atomic E-state index is 14.7. The highest BCUT2D eigenvalue weighted by molar-refractivity contribution is 5.99. The highest BCUT2D eigenvalue weighted by Crippen LogP contribution is 2.42. The Morgan fingerprint density at radius 1 is 0.672 bits per heavy atom. The van der Waals surface area contributed by atoms with Gasteiger partial charge >= 0.3 is 5.97 Å². The van der Waals surface area contributed by atoms with Crippen molar-refractivity contribution in [2.24, 2.45) is 39.4 Å². The van der Waals surface area contributed by atoms with E-state index in [0.29, 0.717) is 32.1 Å². The molecule has 12 nitrogen and oxygen atoms in total. The van der Waals surface area contributed by atoms with Gasteiger partial charge in [-0.3, -0.25) is 33.6 Å². The quantitative estimate of drug-likeness (QED) is 0.0983. The second-order valence-electron chi connectivity index (χ2n) is 21.7. The van der Waals surface area contributed by atoms with E-state index >= 15 is 0 Å². The van der Waals surface area contributed by atoms with Gasteiger partial charge in [0.1, 0.15) is 17.9 Å². The lowest BCUT2D eigenvalue weighted by Crippen LogP contribution is -2.61. The van der Waals surface area contributed by atoms with E-state index in [4.69, 9.17) is 0 Å². The SMILES string of the molecule is CC[C@@H](NC(=O)[C@@H](NC(=O)[C@@H](CC(=O)[C@@H](NC(=O)[C@H](C(C)C)N(C)C(=O)C(Cc1ccccc1)Cc1ccccc1)C(C)(C)C)CC(=O)C(C)(C)C)C1(C(=O)O)CCCC1)C(C)(C)C. The van der Waals surface area contributed by atoms with Crippen LogP contribution in [0.5, 0.6) is 0 Å². The van der Waals surface area contributed by atoms with Crippen molar-refractivity contribution >= 4 is 41.2 Å². The number of likely N-dealkylation sites (N-methyl/N-ethyl adjacent to an activating group) is 1. The van der Waals surface area contributed by atoms with Gasteiger partial charge in [-0.05, 0) is 60.0 Å². The molecule has 5 atom stereocenters. The third-order valence-electron chi connectivity index (χ3n) is 13.0. The number of Topliss-reactive ketones (excluding diaryl/α,β-unsaturated/α-hetero) is 2. The first kappa shape index (κ1) is 53.5. The number of aliphatic carboxylic acids is 1. The van der Waals surface area contributed by atoms with Crippen LogP contribution < -0.4 is 16.0 Å². The summed E-state index contributed by atoms with van der Waals surface area (Å²) in [5.74, 6) is -6.29. The van der Waals surface area contributed by atoms with Gasteiger partial charge in [-0.2, -0.15) is 0 Å². The second-order valence-corrected chi connectivity index (χ2v) is 21.7.